The van der Waals surface area contributed by atoms with Crippen molar-refractivity contribution in [2.45, 2.75) is 52.5 Å². The monoisotopic (exact) mass is 158 g/mol. The van der Waals surface area contributed by atoms with E-state index in [1.54, 1.807) is 13.8 Å². The van der Waals surface area contributed by atoms with Crippen molar-refractivity contribution >= 4 is 6.92 Å². The quantitative estimate of drug-likeness (QED) is 0.634. The summed E-state index contributed by atoms with van der Waals surface area (Å²) in [6.45, 7) is 11.4. The van der Waals surface area contributed by atoms with Crippen LogP contribution in [-0.2, 0) is 4.65 Å². The predicted molar refractivity (Wildman–Crippen MR) is 48.9 cm³/mol. The average molecular weight is 158 g/mol. The lowest BCUT2D eigenvalue weighted by atomic mass is 9.72. The second-order valence-corrected chi connectivity index (χ2v) is 4.24. The SMILES string of the molecule is CB(C)OC(C)(C)C(C)(C)O. The van der Waals surface area contributed by atoms with Crippen LogP contribution >= 0.6 is 0 Å². The van der Waals surface area contributed by atoms with E-state index in [9.17, 15) is 5.11 Å². The van der Waals surface area contributed by atoms with Gasteiger partial charge in [0.25, 0.3) is 6.92 Å². The van der Waals surface area contributed by atoms with E-state index in [4.69, 9.17) is 4.65 Å². The van der Waals surface area contributed by atoms with E-state index < -0.39 is 11.2 Å². The summed E-state index contributed by atoms with van der Waals surface area (Å²) in [7, 11) is 0. The molecule has 0 atom stereocenters. The van der Waals surface area contributed by atoms with Gasteiger partial charge in [0.05, 0.1) is 11.2 Å². The van der Waals surface area contributed by atoms with Crippen LogP contribution in [0.15, 0.2) is 0 Å². The van der Waals surface area contributed by atoms with E-state index in [-0.39, 0.29) is 6.92 Å². The van der Waals surface area contributed by atoms with Crippen molar-refractivity contribution in [3.05, 3.63) is 0 Å². The average Bonchev–Trinajstić information content (AvgIpc) is 1.56. The molecule has 66 valence electrons. The maximum Gasteiger partial charge on any atom is 0.287 e. The van der Waals surface area contributed by atoms with Gasteiger partial charge in [0.15, 0.2) is 0 Å². The molecular formula is C8H19BO2. The highest BCUT2D eigenvalue weighted by molar-refractivity contribution is 6.48. The topological polar surface area (TPSA) is 29.5 Å². The lowest BCUT2D eigenvalue weighted by Crippen LogP contribution is -2.49. The van der Waals surface area contributed by atoms with Crippen molar-refractivity contribution in [3.63, 3.8) is 0 Å². The lowest BCUT2D eigenvalue weighted by molar-refractivity contribution is -0.0924. The van der Waals surface area contributed by atoms with Gasteiger partial charge < -0.3 is 9.76 Å². The Morgan fingerprint density at radius 3 is 1.55 bits per heavy atom. The highest BCUT2D eigenvalue weighted by atomic mass is 16.5. The number of rotatable bonds is 3. The van der Waals surface area contributed by atoms with Crippen LogP contribution in [0.25, 0.3) is 0 Å². The molecule has 1 N–H and O–H groups in total. The molecule has 0 saturated heterocycles. The highest BCUT2D eigenvalue weighted by Crippen LogP contribution is 2.25. The Morgan fingerprint density at radius 2 is 1.45 bits per heavy atom. The molecule has 3 heteroatoms. The molecule has 0 amide bonds. The van der Waals surface area contributed by atoms with Crippen LogP contribution in [0.3, 0.4) is 0 Å². The van der Waals surface area contributed by atoms with Crippen LogP contribution in [0.1, 0.15) is 27.7 Å². The summed E-state index contributed by atoms with van der Waals surface area (Å²) in [5.74, 6) is 0. The van der Waals surface area contributed by atoms with Crippen molar-refractivity contribution in [1.29, 1.82) is 0 Å². The Labute approximate surface area is 70.1 Å². The molecule has 0 bridgehead atoms. The van der Waals surface area contributed by atoms with E-state index >= 15 is 0 Å². The first-order chi connectivity index (χ1) is 4.67. The first-order valence-corrected chi connectivity index (χ1v) is 4.07. The molecule has 0 aromatic rings. The second kappa shape index (κ2) is 3.15. The summed E-state index contributed by atoms with van der Waals surface area (Å²) in [4.78, 5) is 0. The van der Waals surface area contributed by atoms with Crippen LogP contribution in [-0.4, -0.2) is 23.2 Å². The Bertz CT molecular complexity index is 125. The van der Waals surface area contributed by atoms with Gasteiger partial charge in [-0.3, -0.25) is 0 Å². The van der Waals surface area contributed by atoms with Gasteiger partial charge in [0, 0.05) is 0 Å². The zero-order chi connectivity index (χ0) is 9.28. The molecule has 0 aliphatic carbocycles. The van der Waals surface area contributed by atoms with Gasteiger partial charge in [-0.25, -0.2) is 0 Å². The Hall–Kier alpha value is -0.0151. The second-order valence-electron chi connectivity index (χ2n) is 4.24. The molecule has 0 aromatic heterocycles. The zero-order valence-electron chi connectivity index (χ0n) is 8.43. The van der Waals surface area contributed by atoms with Gasteiger partial charge in [0.1, 0.15) is 0 Å². The van der Waals surface area contributed by atoms with Crippen LogP contribution in [0.2, 0.25) is 13.6 Å². The van der Waals surface area contributed by atoms with Crippen molar-refractivity contribution < 1.29 is 9.76 Å². The van der Waals surface area contributed by atoms with Crippen LogP contribution in [0.5, 0.6) is 0 Å². The molecule has 2 nitrogen and oxygen atoms in total. The van der Waals surface area contributed by atoms with Gasteiger partial charge in [-0.2, -0.15) is 0 Å². The summed E-state index contributed by atoms with van der Waals surface area (Å²) in [5.41, 5.74) is -1.28. The Morgan fingerprint density at radius 1 is 1.09 bits per heavy atom. The summed E-state index contributed by atoms with van der Waals surface area (Å²) in [5, 5.41) is 9.67. The number of aliphatic hydroxyl groups is 1. The summed E-state index contributed by atoms with van der Waals surface area (Å²) < 4.78 is 5.55. The number of hydrogen-bond acceptors (Lipinski definition) is 2. The summed E-state index contributed by atoms with van der Waals surface area (Å²) in [6.07, 6.45) is 0. The molecule has 0 spiro atoms. The van der Waals surface area contributed by atoms with Crippen LogP contribution in [0.4, 0.5) is 0 Å². The van der Waals surface area contributed by atoms with E-state index in [0.29, 0.717) is 0 Å². The maximum absolute atomic E-state index is 9.67. The first kappa shape index (κ1) is 11.0. The molecule has 0 aliphatic rings. The number of hydrogen-bond donors (Lipinski definition) is 1. The molecule has 0 aliphatic heterocycles. The van der Waals surface area contributed by atoms with Gasteiger partial charge >= 0.3 is 0 Å². The standard InChI is InChI=1S/C8H19BO2/c1-7(2,10)8(3,4)11-9(5)6/h10H,1-6H3. The van der Waals surface area contributed by atoms with Gasteiger partial charge in [0.2, 0.25) is 0 Å². The van der Waals surface area contributed by atoms with Gasteiger partial charge in [-0.15, -0.1) is 0 Å². The molecule has 11 heavy (non-hydrogen) atoms. The van der Waals surface area contributed by atoms with Crippen LogP contribution in [0, 0.1) is 0 Å². The first-order valence-electron chi connectivity index (χ1n) is 4.07. The predicted octanol–water partition coefficient (Wildman–Crippen LogP) is 1.80. The smallest absolute Gasteiger partial charge is 0.287 e. The van der Waals surface area contributed by atoms with Crippen molar-refractivity contribution in [1.82, 2.24) is 0 Å². The fourth-order valence-electron chi connectivity index (χ4n) is 0.733. The third-order valence-corrected chi connectivity index (χ3v) is 2.00. The van der Waals surface area contributed by atoms with Crippen molar-refractivity contribution in [2.75, 3.05) is 0 Å². The molecule has 0 unspecified atom stereocenters. The Kier molecular flexibility index (Phi) is 3.15. The molecule has 0 radical (unpaired) electrons. The summed E-state index contributed by atoms with van der Waals surface area (Å²) >= 11 is 0. The van der Waals surface area contributed by atoms with E-state index in [1.807, 2.05) is 27.5 Å². The zero-order valence-corrected chi connectivity index (χ0v) is 8.43. The molecule has 0 fully saturated rings. The third kappa shape index (κ3) is 3.26. The molecular weight excluding hydrogens is 139 g/mol. The van der Waals surface area contributed by atoms with Crippen molar-refractivity contribution in [2.24, 2.45) is 0 Å². The van der Waals surface area contributed by atoms with Crippen LogP contribution < -0.4 is 0 Å². The minimum atomic E-state index is -0.794. The van der Waals surface area contributed by atoms with E-state index in [2.05, 4.69) is 0 Å². The maximum atomic E-state index is 9.67. The van der Waals surface area contributed by atoms with Crippen molar-refractivity contribution in [3.8, 4) is 0 Å². The fraction of sp³-hybridized carbons (Fsp3) is 1.00. The minimum absolute atomic E-state index is 0.149. The van der Waals surface area contributed by atoms with E-state index in [0.717, 1.165) is 0 Å². The lowest BCUT2D eigenvalue weighted by Gasteiger charge is -2.38. The van der Waals surface area contributed by atoms with Gasteiger partial charge in [-0.05, 0) is 27.7 Å². The molecule has 0 rings (SSSR count). The Balaban J connectivity index is 4.22. The normalized spacial score (nSPS) is 13.4. The third-order valence-electron chi connectivity index (χ3n) is 2.00. The van der Waals surface area contributed by atoms with Gasteiger partial charge in [-0.1, -0.05) is 13.6 Å². The fourth-order valence-corrected chi connectivity index (χ4v) is 0.733. The highest BCUT2D eigenvalue weighted by Gasteiger charge is 2.36. The minimum Gasteiger partial charge on any atom is -0.429 e. The largest absolute Gasteiger partial charge is 0.429 e. The molecule has 0 saturated carbocycles. The summed E-state index contributed by atoms with van der Waals surface area (Å²) in [6, 6.07) is 0. The molecule has 0 aromatic carbocycles. The molecule has 0 heterocycles. The van der Waals surface area contributed by atoms with E-state index in [1.165, 1.54) is 0 Å².